The molecule has 1 amide bonds. The molecule has 0 spiro atoms. The number of β-lactam (4-membered cyclic amide) rings is 1. The van der Waals surface area contributed by atoms with E-state index in [2.05, 4.69) is 0 Å². The third-order valence-corrected chi connectivity index (χ3v) is 4.12. The van der Waals surface area contributed by atoms with E-state index in [1.54, 1.807) is 24.2 Å². The molecule has 0 radical (unpaired) electrons. The normalized spacial score (nSPS) is 21.1. The zero-order valence-corrected chi connectivity index (χ0v) is 13.1. The largest absolute Gasteiger partial charge is 0.497 e. The van der Waals surface area contributed by atoms with E-state index in [-0.39, 0.29) is 11.9 Å². The summed E-state index contributed by atoms with van der Waals surface area (Å²) in [5.41, 5.74) is 0.979. The van der Waals surface area contributed by atoms with Gasteiger partial charge in [-0.05, 0) is 17.7 Å². The number of benzene rings is 1. The Kier molecular flexibility index (Phi) is 4.84. The lowest BCUT2D eigenvalue weighted by molar-refractivity contribution is -0.146. The van der Waals surface area contributed by atoms with Crippen molar-refractivity contribution in [2.75, 3.05) is 13.0 Å². The summed E-state index contributed by atoms with van der Waals surface area (Å²) in [6, 6.07) is 7.13. The molecule has 1 aromatic carbocycles. The fourth-order valence-electron chi connectivity index (χ4n) is 2.08. The van der Waals surface area contributed by atoms with Crippen LogP contribution in [-0.4, -0.2) is 34.2 Å². The van der Waals surface area contributed by atoms with Crippen molar-refractivity contribution >= 4 is 40.7 Å². The summed E-state index contributed by atoms with van der Waals surface area (Å²) in [5.74, 6) is 0.831. The van der Waals surface area contributed by atoms with Gasteiger partial charge >= 0.3 is 0 Å². The molecule has 0 aliphatic carbocycles. The summed E-state index contributed by atoms with van der Waals surface area (Å²) in [6.07, 6.45) is 3.50. The van der Waals surface area contributed by atoms with Crippen LogP contribution < -0.4 is 4.74 Å². The van der Waals surface area contributed by atoms with Gasteiger partial charge in [0.25, 0.3) is 5.91 Å². The van der Waals surface area contributed by atoms with Crippen LogP contribution in [0, 0.1) is 0 Å². The van der Waals surface area contributed by atoms with Gasteiger partial charge in [-0.3, -0.25) is 4.79 Å². The van der Waals surface area contributed by atoms with Crippen molar-refractivity contribution in [2.45, 2.75) is 16.9 Å². The first-order chi connectivity index (χ1) is 9.50. The number of likely N-dealkylation sites (tertiary alicyclic amines) is 1. The minimum atomic E-state index is -1.39. The summed E-state index contributed by atoms with van der Waals surface area (Å²) in [6.45, 7) is 0.446. The molecule has 1 aromatic rings. The van der Waals surface area contributed by atoms with E-state index in [1.165, 1.54) is 0 Å². The lowest BCUT2D eigenvalue weighted by Crippen LogP contribution is -2.66. The van der Waals surface area contributed by atoms with Gasteiger partial charge in [0.15, 0.2) is 0 Å². The number of ether oxygens (including phenoxy) is 1. The van der Waals surface area contributed by atoms with Crippen molar-refractivity contribution in [3.63, 3.8) is 0 Å². The highest BCUT2D eigenvalue weighted by Crippen LogP contribution is 2.42. The van der Waals surface area contributed by atoms with Gasteiger partial charge in [-0.1, -0.05) is 47.5 Å². The smallest absolute Gasteiger partial charge is 0.262 e. The number of carbonyl (C=O) groups is 1. The average Bonchev–Trinajstić information content (AvgIpc) is 2.46. The Hall–Kier alpha value is -0.900. The zero-order chi connectivity index (χ0) is 14.8. The first kappa shape index (κ1) is 15.5. The molecule has 1 heterocycles. The Morgan fingerprint density at radius 2 is 2.00 bits per heavy atom. The zero-order valence-electron chi connectivity index (χ0n) is 10.9. The van der Waals surface area contributed by atoms with Crippen molar-refractivity contribution in [3.05, 3.63) is 42.0 Å². The maximum atomic E-state index is 12.0. The highest BCUT2D eigenvalue weighted by atomic mass is 35.5. The van der Waals surface area contributed by atoms with Gasteiger partial charge in [0.1, 0.15) is 5.75 Å². The van der Waals surface area contributed by atoms with Crippen LogP contribution in [0.3, 0.4) is 0 Å². The quantitative estimate of drug-likeness (QED) is 0.469. The third kappa shape index (κ3) is 2.90. The fourth-order valence-corrected chi connectivity index (χ4v) is 2.78. The molecule has 2 rings (SSSR count). The fraction of sp³-hybridized carbons (Fsp3) is 0.357. The van der Waals surface area contributed by atoms with Crippen molar-refractivity contribution < 1.29 is 9.53 Å². The maximum absolute atomic E-state index is 12.0. The number of amides is 1. The molecule has 0 N–H and O–H groups in total. The number of halogens is 3. The van der Waals surface area contributed by atoms with Gasteiger partial charge in [0.05, 0.1) is 13.2 Å². The van der Waals surface area contributed by atoms with Gasteiger partial charge < -0.3 is 9.64 Å². The van der Waals surface area contributed by atoms with Crippen molar-refractivity contribution in [1.29, 1.82) is 0 Å². The van der Waals surface area contributed by atoms with Crippen LogP contribution in [0.4, 0.5) is 0 Å². The van der Waals surface area contributed by atoms with Gasteiger partial charge in [0, 0.05) is 12.4 Å². The first-order valence-electron chi connectivity index (χ1n) is 6.05. The molecule has 1 fully saturated rings. The van der Waals surface area contributed by atoms with Gasteiger partial charge in [-0.2, -0.15) is 0 Å². The van der Waals surface area contributed by atoms with E-state index >= 15 is 0 Å². The van der Waals surface area contributed by atoms with E-state index in [4.69, 9.17) is 39.5 Å². The van der Waals surface area contributed by atoms with Gasteiger partial charge in [-0.25, -0.2) is 0 Å². The number of alkyl halides is 3. The monoisotopic (exact) mass is 333 g/mol. The summed E-state index contributed by atoms with van der Waals surface area (Å²) in [4.78, 5) is 13.6. The highest BCUT2D eigenvalue weighted by Gasteiger charge is 2.57. The lowest BCUT2D eigenvalue weighted by atomic mass is 9.98. The molecule has 3 nitrogen and oxygen atoms in total. The predicted octanol–water partition coefficient (Wildman–Crippen LogP) is 3.37. The summed E-state index contributed by atoms with van der Waals surface area (Å²) in [5, 5.41) is 0. The number of hydrogen-bond acceptors (Lipinski definition) is 2. The van der Waals surface area contributed by atoms with Crippen molar-refractivity contribution in [1.82, 2.24) is 4.90 Å². The van der Waals surface area contributed by atoms with Crippen LogP contribution in [0.25, 0.3) is 0 Å². The molecule has 0 bridgehead atoms. The number of carbonyl (C=O) groups excluding carboxylic acids is 1. The molecule has 1 unspecified atom stereocenters. The van der Waals surface area contributed by atoms with E-state index in [1.807, 2.05) is 24.3 Å². The summed E-state index contributed by atoms with van der Waals surface area (Å²) >= 11 is 17.7. The van der Waals surface area contributed by atoms with Crippen LogP contribution in [0.1, 0.15) is 5.56 Å². The summed E-state index contributed by atoms with van der Waals surface area (Å²) in [7, 11) is 1.61. The minimum absolute atomic E-state index is 0.291. The summed E-state index contributed by atoms with van der Waals surface area (Å²) < 4.78 is 3.70. The average molecular weight is 335 g/mol. The first-order valence-corrected chi connectivity index (χ1v) is 7.34. The minimum Gasteiger partial charge on any atom is -0.497 e. The molecular weight excluding hydrogens is 321 g/mol. The van der Waals surface area contributed by atoms with Gasteiger partial charge in [0.2, 0.25) is 4.33 Å². The van der Waals surface area contributed by atoms with Crippen LogP contribution >= 0.6 is 34.8 Å². The van der Waals surface area contributed by atoms with Crippen LogP contribution in [0.15, 0.2) is 36.4 Å². The Bertz CT molecular complexity index is 514. The standard InChI is InChI=1S/C14H14Cl3NO2/c1-20-11-6-4-10(5-7-11)9-18-12(3-2-8-15)14(16,17)13(18)19/h2-7,12H,8-9H2,1H3/b3-2+. The number of allylic oxidation sites excluding steroid dienone is 1. The molecular formula is C14H14Cl3NO2. The van der Waals surface area contributed by atoms with E-state index in [9.17, 15) is 4.79 Å². The van der Waals surface area contributed by atoms with E-state index in [0.29, 0.717) is 12.4 Å². The molecule has 1 saturated heterocycles. The second-order valence-corrected chi connectivity index (χ2v) is 6.13. The molecule has 1 aliphatic rings. The van der Waals surface area contributed by atoms with E-state index < -0.39 is 4.33 Å². The number of hydrogen-bond donors (Lipinski definition) is 0. The molecule has 20 heavy (non-hydrogen) atoms. The molecule has 0 aromatic heterocycles. The van der Waals surface area contributed by atoms with E-state index in [0.717, 1.165) is 11.3 Å². The topological polar surface area (TPSA) is 29.5 Å². The molecule has 6 heteroatoms. The Labute approximate surface area is 133 Å². The third-order valence-electron chi connectivity index (χ3n) is 3.17. The Morgan fingerprint density at radius 1 is 1.35 bits per heavy atom. The molecule has 108 valence electrons. The van der Waals surface area contributed by atoms with Gasteiger partial charge in [-0.15, -0.1) is 11.6 Å². The molecule has 0 saturated carbocycles. The second-order valence-electron chi connectivity index (χ2n) is 4.43. The predicted molar refractivity (Wildman–Crippen MR) is 81.6 cm³/mol. The highest BCUT2D eigenvalue weighted by molar-refractivity contribution is 6.60. The number of methoxy groups -OCH3 is 1. The Balaban J connectivity index is 2.10. The SMILES string of the molecule is COc1ccc(CN2C(=O)C(Cl)(Cl)C2/C=C/CCl)cc1. The van der Waals surface area contributed by atoms with Crippen LogP contribution in [0.5, 0.6) is 5.75 Å². The number of rotatable bonds is 5. The second kappa shape index (κ2) is 6.25. The van der Waals surface area contributed by atoms with Crippen LogP contribution in [-0.2, 0) is 11.3 Å². The Morgan fingerprint density at radius 3 is 2.55 bits per heavy atom. The number of nitrogens with zero attached hydrogens (tertiary/aromatic N) is 1. The maximum Gasteiger partial charge on any atom is 0.262 e. The molecule has 1 atom stereocenters. The van der Waals surface area contributed by atoms with Crippen molar-refractivity contribution in [2.24, 2.45) is 0 Å². The van der Waals surface area contributed by atoms with Crippen LogP contribution in [0.2, 0.25) is 0 Å². The molecule has 1 aliphatic heterocycles. The van der Waals surface area contributed by atoms with Crippen molar-refractivity contribution in [3.8, 4) is 5.75 Å². The lowest BCUT2D eigenvalue weighted by Gasteiger charge is -2.48.